The Morgan fingerprint density at radius 3 is 2.57 bits per heavy atom. The van der Waals surface area contributed by atoms with E-state index in [9.17, 15) is 4.79 Å². The van der Waals surface area contributed by atoms with Crippen molar-refractivity contribution in [1.29, 1.82) is 0 Å². The highest BCUT2D eigenvalue weighted by Gasteiger charge is 2.11. The van der Waals surface area contributed by atoms with E-state index >= 15 is 0 Å². The van der Waals surface area contributed by atoms with Gasteiger partial charge in [0.25, 0.3) is 5.56 Å². The van der Waals surface area contributed by atoms with Crippen molar-refractivity contribution < 1.29 is 0 Å². The third-order valence-electron chi connectivity index (χ3n) is 2.80. The van der Waals surface area contributed by atoms with Crippen LogP contribution in [0.4, 0.5) is 11.4 Å². The van der Waals surface area contributed by atoms with Gasteiger partial charge in [-0.1, -0.05) is 11.6 Å². The molecule has 21 heavy (non-hydrogen) atoms. The van der Waals surface area contributed by atoms with Crippen LogP contribution in [-0.4, -0.2) is 15.2 Å². The number of halogens is 1. The Bertz CT molecular complexity index is 821. The summed E-state index contributed by atoms with van der Waals surface area (Å²) in [7, 11) is 0. The van der Waals surface area contributed by atoms with E-state index < -0.39 is 0 Å². The SMILES string of the molecule is O=c1[nH][nH]c(-c2cccnc2)c1N=Nc1ccc(Cl)cc1. The molecule has 0 bridgehead atoms. The molecule has 2 aromatic heterocycles. The summed E-state index contributed by atoms with van der Waals surface area (Å²) in [5, 5.41) is 14.0. The maximum atomic E-state index is 11.8. The summed E-state index contributed by atoms with van der Waals surface area (Å²) in [5.41, 5.74) is 1.77. The molecule has 0 aliphatic rings. The molecule has 2 heterocycles. The first-order chi connectivity index (χ1) is 10.2. The maximum Gasteiger partial charge on any atom is 0.292 e. The number of hydrogen-bond donors (Lipinski definition) is 2. The zero-order valence-corrected chi connectivity index (χ0v) is 11.5. The van der Waals surface area contributed by atoms with Crippen LogP contribution in [0.2, 0.25) is 5.02 Å². The average Bonchev–Trinajstić information content (AvgIpc) is 2.89. The number of nitrogens with zero attached hydrogens (tertiary/aromatic N) is 3. The van der Waals surface area contributed by atoms with E-state index in [0.717, 1.165) is 5.56 Å². The number of benzene rings is 1. The van der Waals surface area contributed by atoms with Gasteiger partial charge in [-0.05, 0) is 36.4 Å². The van der Waals surface area contributed by atoms with Crippen molar-refractivity contribution in [1.82, 2.24) is 15.2 Å². The zero-order valence-electron chi connectivity index (χ0n) is 10.7. The van der Waals surface area contributed by atoms with Crippen LogP contribution in [-0.2, 0) is 0 Å². The van der Waals surface area contributed by atoms with E-state index in [1.54, 1.807) is 42.7 Å². The Labute approximate surface area is 124 Å². The van der Waals surface area contributed by atoms with E-state index in [1.165, 1.54) is 0 Å². The second kappa shape index (κ2) is 5.72. The zero-order chi connectivity index (χ0) is 14.7. The van der Waals surface area contributed by atoms with Gasteiger partial charge in [-0.3, -0.25) is 20.0 Å². The predicted molar refractivity (Wildman–Crippen MR) is 80.3 cm³/mol. The molecule has 0 saturated carbocycles. The van der Waals surface area contributed by atoms with E-state index in [2.05, 4.69) is 25.4 Å². The van der Waals surface area contributed by atoms with Crippen molar-refractivity contribution in [3.8, 4) is 11.3 Å². The molecule has 0 aliphatic carbocycles. The number of H-pyrrole nitrogens is 2. The Kier molecular flexibility index (Phi) is 3.61. The summed E-state index contributed by atoms with van der Waals surface area (Å²) >= 11 is 5.80. The van der Waals surface area contributed by atoms with Gasteiger partial charge < -0.3 is 0 Å². The summed E-state index contributed by atoms with van der Waals surface area (Å²) in [6.45, 7) is 0. The van der Waals surface area contributed by atoms with Crippen LogP contribution in [0.5, 0.6) is 0 Å². The molecule has 0 saturated heterocycles. The molecule has 3 aromatic rings. The van der Waals surface area contributed by atoms with Gasteiger partial charge in [-0.15, -0.1) is 5.11 Å². The van der Waals surface area contributed by atoms with E-state index in [-0.39, 0.29) is 11.2 Å². The van der Waals surface area contributed by atoms with Gasteiger partial charge in [0.15, 0.2) is 5.69 Å². The van der Waals surface area contributed by atoms with Gasteiger partial charge in [0.2, 0.25) is 0 Å². The van der Waals surface area contributed by atoms with E-state index in [0.29, 0.717) is 16.4 Å². The first-order valence-corrected chi connectivity index (χ1v) is 6.50. The number of hydrogen-bond acceptors (Lipinski definition) is 4. The minimum atomic E-state index is -0.341. The van der Waals surface area contributed by atoms with Crippen LogP contribution in [0.3, 0.4) is 0 Å². The molecule has 0 spiro atoms. The summed E-state index contributed by atoms with van der Waals surface area (Å²) in [4.78, 5) is 15.8. The summed E-state index contributed by atoms with van der Waals surface area (Å²) in [6.07, 6.45) is 3.30. The molecule has 0 unspecified atom stereocenters. The lowest BCUT2D eigenvalue weighted by molar-refractivity contribution is 1.06. The van der Waals surface area contributed by atoms with Gasteiger partial charge in [0, 0.05) is 23.0 Å². The van der Waals surface area contributed by atoms with Crippen molar-refractivity contribution in [2.24, 2.45) is 10.2 Å². The molecule has 0 aliphatic heterocycles. The number of pyridine rings is 1. The van der Waals surface area contributed by atoms with Gasteiger partial charge in [-0.2, -0.15) is 5.11 Å². The quantitative estimate of drug-likeness (QED) is 0.720. The van der Waals surface area contributed by atoms with E-state index in [1.807, 2.05) is 6.07 Å². The maximum absolute atomic E-state index is 11.8. The van der Waals surface area contributed by atoms with Crippen molar-refractivity contribution >= 4 is 23.0 Å². The number of nitrogens with one attached hydrogen (secondary N) is 2. The molecule has 0 atom stereocenters. The molecule has 3 rings (SSSR count). The summed E-state index contributed by atoms with van der Waals surface area (Å²) < 4.78 is 0. The van der Waals surface area contributed by atoms with Gasteiger partial charge in [-0.25, -0.2) is 0 Å². The molecule has 2 N–H and O–H groups in total. The summed E-state index contributed by atoms with van der Waals surface area (Å²) in [6, 6.07) is 10.5. The van der Waals surface area contributed by atoms with Crippen LogP contribution in [0.15, 0.2) is 63.8 Å². The number of aromatic amines is 2. The second-order valence-electron chi connectivity index (χ2n) is 4.22. The minimum Gasteiger partial charge on any atom is -0.295 e. The van der Waals surface area contributed by atoms with Crippen LogP contribution in [0, 0.1) is 0 Å². The molecule has 104 valence electrons. The lowest BCUT2D eigenvalue weighted by Gasteiger charge is -1.97. The van der Waals surface area contributed by atoms with Crippen LogP contribution >= 0.6 is 11.6 Å². The normalized spacial score (nSPS) is 11.1. The molecule has 0 radical (unpaired) electrons. The molecule has 7 heteroatoms. The predicted octanol–water partition coefficient (Wildman–Crippen LogP) is 3.83. The first-order valence-electron chi connectivity index (χ1n) is 6.12. The van der Waals surface area contributed by atoms with Crippen LogP contribution < -0.4 is 5.56 Å². The highest BCUT2D eigenvalue weighted by Crippen LogP contribution is 2.26. The third-order valence-corrected chi connectivity index (χ3v) is 3.05. The minimum absolute atomic E-state index is 0.206. The highest BCUT2D eigenvalue weighted by atomic mass is 35.5. The smallest absolute Gasteiger partial charge is 0.292 e. The standard InChI is InChI=1S/C14H10ClN5O/c15-10-3-5-11(6-4-10)17-19-13-12(18-20-14(13)21)9-2-1-7-16-8-9/h1-8H,(H2,18,20,21). The first kappa shape index (κ1) is 13.3. The fourth-order valence-corrected chi connectivity index (χ4v) is 1.91. The van der Waals surface area contributed by atoms with Crippen LogP contribution in [0.1, 0.15) is 0 Å². The lowest BCUT2D eigenvalue weighted by Crippen LogP contribution is -1.96. The fraction of sp³-hybridized carbons (Fsp3) is 0. The molecule has 1 aromatic carbocycles. The van der Waals surface area contributed by atoms with Crippen molar-refractivity contribution in [3.63, 3.8) is 0 Å². The Morgan fingerprint density at radius 1 is 1.05 bits per heavy atom. The molecular formula is C14H10ClN5O. The third kappa shape index (κ3) is 2.90. The number of rotatable bonds is 3. The highest BCUT2D eigenvalue weighted by molar-refractivity contribution is 6.30. The Morgan fingerprint density at radius 2 is 1.86 bits per heavy atom. The molecular weight excluding hydrogens is 290 g/mol. The molecule has 6 nitrogen and oxygen atoms in total. The topological polar surface area (TPSA) is 86.3 Å². The molecule has 0 fully saturated rings. The lowest BCUT2D eigenvalue weighted by atomic mass is 10.2. The Balaban J connectivity index is 1.98. The molecule has 0 amide bonds. The number of aromatic nitrogens is 3. The Hall–Kier alpha value is -2.73. The average molecular weight is 300 g/mol. The summed E-state index contributed by atoms with van der Waals surface area (Å²) in [5.74, 6) is 0. The fourth-order valence-electron chi connectivity index (χ4n) is 1.78. The van der Waals surface area contributed by atoms with Crippen LogP contribution in [0.25, 0.3) is 11.3 Å². The monoisotopic (exact) mass is 299 g/mol. The van der Waals surface area contributed by atoms with Crippen molar-refractivity contribution in [2.75, 3.05) is 0 Å². The van der Waals surface area contributed by atoms with E-state index in [4.69, 9.17) is 11.6 Å². The van der Waals surface area contributed by atoms with Crippen molar-refractivity contribution in [2.45, 2.75) is 0 Å². The van der Waals surface area contributed by atoms with Gasteiger partial charge >= 0.3 is 0 Å². The van der Waals surface area contributed by atoms with Crippen molar-refractivity contribution in [3.05, 3.63) is 64.2 Å². The van der Waals surface area contributed by atoms with Gasteiger partial charge in [0.05, 0.1) is 11.4 Å². The second-order valence-corrected chi connectivity index (χ2v) is 4.66. The van der Waals surface area contributed by atoms with Gasteiger partial charge in [0.1, 0.15) is 0 Å². The number of azo groups is 1. The largest absolute Gasteiger partial charge is 0.295 e.